The molecule has 0 heterocycles. The SMILES string of the molecule is C#CCC(O)CCC1CC1CCC. The zero-order chi connectivity index (χ0) is 9.68. The highest BCUT2D eigenvalue weighted by molar-refractivity contribution is 4.89. The summed E-state index contributed by atoms with van der Waals surface area (Å²) in [5.74, 6) is 4.35. The van der Waals surface area contributed by atoms with E-state index in [1.807, 2.05) is 0 Å². The van der Waals surface area contributed by atoms with Crippen molar-refractivity contribution in [1.29, 1.82) is 0 Å². The van der Waals surface area contributed by atoms with Crippen LogP contribution in [0.1, 0.15) is 45.4 Å². The molecular weight excluding hydrogens is 160 g/mol. The molecule has 1 saturated carbocycles. The summed E-state index contributed by atoms with van der Waals surface area (Å²) in [6.45, 7) is 2.24. The molecule has 1 aliphatic carbocycles. The van der Waals surface area contributed by atoms with Crippen LogP contribution in [-0.4, -0.2) is 11.2 Å². The summed E-state index contributed by atoms with van der Waals surface area (Å²) in [5.41, 5.74) is 0. The highest BCUT2D eigenvalue weighted by Crippen LogP contribution is 2.45. The predicted molar refractivity (Wildman–Crippen MR) is 55.2 cm³/mol. The first-order chi connectivity index (χ1) is 6.27. The van der Waals surface area contributed by atoms with E-state index in [0.717, 1.165) is 18.3 Å². The molecule has 0 aromatic heterocycles. The minimum atomic E-state index is -0.257. The molecular formula is C12H20O. The molecule has 74 valence electrons. The molecule has 1 nitrogen and oxygen atoms in total. The molecule has 0 aromatic rings. The summed E-state index contributed by atoms with van der Waals surface area (Å²) < 4.78 is 0. The molecule has 0 saturated heterocycles. The maximum absolute atomic E-state index is 9.40. The van der Waals surface area contributed by atoms with Crippen LogP contribution in [0.25, 0.3) is 0 Å². The zero-order valence-corrected chi connectivity index (χ0v) is 8.50. The fourth-order valence-electron chi connectivity index (χ4n) is 2.03. The van der Waals surface area contributed by atoms with Crippen LogP contribution in [0.4, 0.5) is 0 Å². The Morgan fingerprint density at radius 1 is 1.46 bits per heavy atom. The third-order valence-corrected chi connectivity index (χ3v) is 2.95. The normalized spacial score (nSPS) is 28.1. The highest BCUT2D eigenvalue weighted by Gasteiger charge is 2.35. The summed E-state index contributed by atoms with van der Waals surface area (Å²) in [6, 6.07) is 0. The van der Waals surface area contributed by atoms with Gasteiger partial charge in [0, 0.05) is 6.42 Å². The van der Waals surface area contributed by atoms with Crippen LogP contribution in [-0.2, 0) is 0 Å². The number of rotatable bonds is 6. The Kier molecular flexibility index (Phi) is 4.32. The maximum atomic E-state index is 9.40. The Bertz CT molecular complexity index is 180. The van der Waals surface area contributed by atoms with Gasteiger partial charge in [0.2, 0.25) is 0 Å². The number of hydrogen-bond acceptors (Lipinski definition) is 1. The molecule has 0 bridgehead atoms. The minimum Gasteiger partial charge on any atom is -0.392 e. The van der Waals surface area contributed by atoms with Crippen LogP contribution in [0.3, 0.4) is 0 Å². The van der Waals surface area contributed by atoms with Crippen molar-refractivity contribution in [2.45, 2.75) is 51.6 Å². The van der Waals surface area contributed by atoms with Gasteiger partial charge in [-0.1, -0.05) is 19.8 Å². The fourth-order valence-corrected chi connectivity index (χ4v) is 2.03. The molecule has 1 fully saturated rings. The van der Waals surface area contributed by atoms with Crippen molar-refractivity contribution >= 4 is 0 Å². The van der Waals surface area contributed by atoms with Crippen LogP contribution in [0.2, 0.25) is 0 Å². The second kappa shape index (κ2) is 5.29. The second-order valence-corrected chi connectivity index (χ2v) is 4.18. The summed E-state index contributed by atoms with van der Waals surface area (Å²) in [6.07, 6.45) is 11.5. The van der Waals surface area contributed by atoms with Crippen LogP contribution in [0.5, 0.6) is 0 Å². The van der Waals surface area contributed by atoms with Gasteiger partial charge in [-0.15, -0.1) is 12.3 Å². The Balaban J connectivity index is 1.99. The van der Waals surface area contributed by atoms with Crippen molar-refractivity contribution < 1.29 is 5.11 Å². The van der Waals surface area contributed by atoms with Crippen molar-refractivity contribution in [3.63, 3.8) is 0 Å². The van der Waals surface area contributed by atoms with Gasteiger partial charge in [-0.3, -0.25) is 0 Å². The highest BCUT2D eigenvalue weighted by atomic mass is 16.3. The van der Waals surface area contributed by atoms with Crippen molar-refractivity contribution in [2.75, 3.05) is 0 Å². The lowest BCUT2D eigenvalue weighted by Gasteiger charge is -2.05. The first-order valence-electron chi connectivity index (χ1n) is 5.39. The minimum absolute atomic E-state index is 0.257. The Morgan fingerprint density at radius 3 is 2.77 bits per heavy atom. The Hall–Kier alpha value is -0.480. The third kappa shape index (κ3) is 3.83. The van der Waals surface area contributed by atoms with E-state index in [4.69, 9.17) is 6.42 Å². The van der Waals surface area contributed by atoms with E-state index >= 15 is 0 Å². The molecule has 1 heteroatoms. The van der Waals surface area contributed by atoms with Gasteiger partial charge < -0.3 is 5.11 Å². The van der Waals surface area contributed by atoms with Crippen molar-refractivity contribution in [3.05, 3.63) is 0 Å². The molecule has 0 amide bonds. The Morgan fingerprint density at radius 2 is 2.15 bits per heavy atom. The van der Waals surface area contributed by atoms with Crippen molar-refractivity contribution in [1.82, 2.24) is 0 Å². The first-order valence-corrected chi connectivity index (χ1v) is 5.39. The van der Waals surface area contributed by atoms with E-state index in [1.54, 1.807) is 0 Å². The van der Waals surface area contributed by atoms with E-state index in [-0.39, 0.29) is 6.10 Å². The lowest BCUT2D eigenvalue weighted by Crippen LogP contribution is -2.05. The number of hydrogen-bond donors (Lipinski definition) is 1. The third-order valence-electron chi connectivity index (χ3n) is 2.95. The molecule has 0 radical (unpaired) electrons. The first kappa shape index (κ1) is 10.6. The molecule has 0 aromatic carbocycles. The van der Waals surface area contributed by atoms with Gasteiger partial charge >= 0.3 is 0 Å². The molecule has 0 aliphatic heterocycles. The fraction of sp³-hybridized carbons (Fsp3) is 0.833. The van der Waals surface area contributed by atoms with Gasteiger partial charge in [0.05, 0.1) is 6.10 Å². The van der Waals surface area contributed by atoms with Gasteiger partial charge in [0.1, 0.15) is 0 Å². The van der Waals surface area contributed by atoms with E-state index in [0.29, 0.717) is 6.42 Å². The molecule has 3 atom stereocenters. The van der Waals surface area contributed by atoms with Gasteiger partial charge in [-0.05, 0) is 31.1 Å². The number of aliphatic hydroxyl groups excluding tert-OH is 1. The standard InChI is InChI=1S/C12H20O/c1-3-5-10-9-11(10)7-8-12(13)6-4-2/h2,10-13H,3,5-9H2,1H3. The van der Waals surface area contributed by atoms with Crippen LogP contribution in [0, 0.1) is 24.2 Å². The van der Waals surface area contributed by atoms with Gasteiger partial charge in [0.25, 0.3) is 0 Å². The molecule has 0 spiro atoms. The number of terminal acetylenes is 1. The topological polar surface area (TPSA) is 20.2 Å². The average molecular weight is 180 g/mol. The average Bonchev–Trinajstić information content (AvgIpc) is 2.82. The van der Waals surface area contributed by atoms with E-state index in [9.17, 15) is 5.11 Å². The molecule has 1 rings (SSSR count). The van der Waals surface area contributed by atoms with Crippen molar-refractivity contribution in [3.8, 4) is 12.3 Å². The molecule has 3 unspecified atom stereocenters. The lowest BCUT2D eigenvalue weighted by molar-refractivity contribution is 0.164. The predicted octanol–water partition coefficient (Wildman–Crippen LogP) is 2.59. The van der Waals surface area contributed by atoms with E-state index in [1.165, 1.54) is 25.7 Å². The summed E-state index contributed by atoms with van der Waals surface area (Å²) in [5, 5.41) is 9.40. The zero-order valence-electron chi connectivity index (χ0n) is 8.50. The van der Waals surface area contributed by atoms with Gasteiger partial charge in [-0.2, -0.15) is 0 Å². The monoisotopic (exact) mass is 180 g/mol. The van der Waals surface area contributed by atoms with E-state index < -0.39 is 0 Å². The van der Waals surface area contributed by atoms with Crippen LogP contribution < -0.4 is 0 Å². The second-order valence-electron chi connectivity index (χ2n) is 4.18. The lowest BCUT2D eigenvalue weighted by atomic mass is 10.1. The number of aliphatic hydroxyl groups is 1. The largest absolute Gasteiger partial charge is 0.392 e. The van der Waals surface area contributed by atoms with E-state index in [2.05, 4.69) is 12.8 Å². The summed E-state index contributed by atoms with van der Waals surface area (Å²) in [7, 11) is 0. The summed E-state index contributed by atoms with van der Waals surface area (Å²) in [4.78, 5) is 0. The molecule has 13 heavy (non-hydrogen) atoms. The molecule has 1 N–H and O–H groups in total. The van der Waals surface area contributed by atoms with Crippen LogP contribution in [0.15, 0.2) is 0 Å². The Labute approximate surface area is 81.5 Å². The smallest absolute Gasteiger partial charge is 0.0649 e. The van der Waals surface area contributed by atoms with Gasteiger partial charge in [0.15, 0.2) is 0 Å². The van der Waals surface area contributed by atoms with Gasteiger partial charge in [-0.25, -0.2) is 0 Å². The van der Waals surface area contributed by atoms with Crippen molar-refractivity contribution in [2.24, 2.45) is 11.8 Å². The van der Waals surface area contributed by atoms with Crippen LogP contribution >= 0.6 is 0 Å². The quantitative estimate of drug-likeness (QED) is 0.623. The maximum Gasteiger partial charge on any atom is 0.0649 e. The molecule has 1 aliphatic rings. The summed E-state index contributed by atoms with van der Waals surface area (Å²) >= 11 is 0.